The number of hydrogen-bond donors (Lipinski definition) is 4. The zero-order valence-corrected chi connectivity index (χ0v) is 14.9. The van der Waals surface area contributed by atoms with E-state index in [-0.39, 0.29) is 24.7 Å². The number of phenols is 2. The van der Waals surface area contributed by atoms with Crippen LogP contribution in [0.4, 0.5) is 0 Å². The molecule has 8 heteroatoms. The average molecular weight is 390 g/mol. The summed E-state index contributed by atoms with van der Waals surface area (Å²) in [6.07, 6.45) is -4.80. The smallest absolute Gasteiger partial charge is 0.184 e. The first-order valence-electron chi connectivity index (χ1n) is 9.00. The van der Waals surface area contributed by atoms with Crippen LogP contribution in [-0.4, -0.2) is 58.1 Å². The fourth-order valence-corrected chi connectivity index (χ4v) is 3.35. The normalized spacial score (nSPS) is 33.1. The molecule has 2 aliphatic heterocycles. The Balaban J connectivity index is 1.50. The van der Waals surface area contributed by atoms with Crippen LogP contribution in [0, 0.1) is 0 Å². The molecule has 150 valence electrons. The van der Waals surface area contributed by atoms with Gasteiger partial charge in [0.2, 0.25) is 0 Å². The molecular weight excluding hydrogens is 368 g/mol. The monoisotopic (exact) mass is 390 g/mol. The molecule has 0 spiro atoms. The SMILES string of the molecule is OC[C@H]1OC(c2ccc(O)cc2)O[C@@H]([C@@H]2COC(c3ccc(O)cc3)O2)[C@H]1O. The lowest BCUT2D eigenvalue weighted by atomic mass is 10.0. The molecule has 2 heterocycles. The van der Waals surface area contributed by atoms with Crippen LogP contribution in [0.2, 0.25) is 0 Å². The van der Waals surface area contributed by atoms with Gasteiger partial charge in [0.05, 0.1) is 13.2 Å². The summed E-state index contributed by atoms with van der Waals surface area (Å²) in [7, 11) is 0. The summed E-state index contributed by atoms with van der Waals surface area (Å²) in [6, 6.07) is 12.8. The number of aliphatic hydroxyl groups is 2. The highest BCUT2D eigenvalue weighted by molar-refractivity contribution is 5.28. The Bertz CT molecular complexity index is 778. The minimum absolute atomic E-state index is 0.110. The Kier molecular flexibility index (Phi) is 5.49. The second-order valence-electron chi connectivity index (χ2n) is 6.80. The maximum absolute atomic E-state index is 10.6. The van der Waals surface area contributed by atoms with Crippen molar-refractivity contribution >= 4 is 0 Å². The van der Waals surface area contributed by atoms with Gasteiger partial charge in [-0.25, -0.2) is 0 Å². The van der Waals surface area contributed by atoms with E-state index in [1.807, 2.05) is 0 Å². The minimum Gasteiger partial charge on any atom is -0.508 e. The summed E-state index contributed by atoms with van der Waals surface area (Å²) in [6.45, 7) is -0.196. The molecule has 0 amide bonds. The predicted molar refractivity (Wildman–Crippen MR) is 95.4 cm³/mol. The van der Waals surface area contributed by atoms with Crippen LogP contribution in [0.1, 0.15) is 23.7 Å². The quantitative estimate of drug-likeness (QED) is 0.618. The zero-order valence-electron chi connectivity index (χ0n) is 14.9. The second-order valence-corrected chi connectivity index (χ2v) is 6.80. The summed E-state index contributed by atoms with van der Waals surface area (Å²) in [5, 5.41) is 39.1. The lowest BCUT2D eigenvalue weighted by Gasteiger charge is -2.40. The van der Waals surface area contributed by atoms with Crippen LogP contribution in [0.15, 0.2) is 48.5 Å². The van der Waals surface area contributed by atoms with Crippen LogP contribution in [0.3, 0.4) is 0 Å². The van der Waals surface area contributed by atoms with Crippen molar-refractivity contribution in [3.63, 3.8) is 0 Å². The van der Waals surface area contributed by atoms with Gasteiger partial charge in [0.25, 0.3) is 0 Å². The van der Waals surface area contributed by atoms with Crippen molar-refractivity contribution in [2.45, 2.75) is 37.0 Å². The first-order valence-corrected chi connectivity index (χ1v) is 9.00. The van der Waals surface area contributed by atoms with Gasteiger partial charge in [0, 0.05) is 11.1 Å². The largest absolute Gasteiger partial charge is 0.508 e. The second kappa shape index (κ2) is 8.04. The van der Waals surface area contributed by atoms with Crippen molar-refractivity contribution in [1.82, 2.24) is 0 Å². The number of aliphatic hydroxyl groups excluding tert-OH is 2. The van der Waals surface area contributed by atoms with Crippen LogP contribution in [-0.2, 0) is 18.9 Å². The van der Waals surface area contributed by atoms with Crippen molar-refractivity contribution in [2.75, 3.05) is 13.2 Å². The minimum atomic E-state index is -1.11. The Morgan fingerprint density at radius 2 is 1.36 bits per heavy atom. The van der Waals surface area contributed by atoms with Gasteiger partial charge in [0.15, 0.2) is 12.6 Å². The molecule has 2 unspecified atom stereocenters. The maximum atomic E-state index is 10.6. The highest BCUT2D eigenvalue weighted by Gasteiger charge is 2.46. The highest BCUT2D eigenvalue weighted by Crippen LogP contribution is 2.37. The highest BCUT2D eigenvalue weighted by atomic mass is 16.8. The number of phenolic OH excluding ortho intramolecular Hbond substituents is 2. The maximum Gasteiger partial charge on any atom is 0.184 e. The molecule has 2 saturated heterocycles. The Morgan fingerprint density at radius 1 is 0.786 bits per heavy atom. The van der Waals surface area contributed by atoms with Crippen LogP contribution in [0.5, 0.6) is 11.5 Å². The van der Waals surface area contributed by atoms with E-state index < -0.39 is 37.0 Å². The van der Waals surface area contributed by atoms with Crippen LogP contribution >= 0.6 is 0 Å². The van der Waals surface area contributed by atoms with E-state index in [4.69, 9.17) is 18.9 Å². The lowest BCUT2D eigenvalue weighted by Crippen LogP contribution is -2.54. The summed E-state index contributed by atoms with van der Waals surface area (Å²) < 4.78 is 23.2. The molecule has 2 aromatic rings. The molecule has 28 heavy (non-hydrogen) atoms. The summed E-state index contributed by atoms with van der Waals surface area (Å²) in [5.41, 5.74) is 1.37. The zero-order chi connectivity index (χ0) is 19.7. The number of aromatic hydroxyl groups is 2. The summed E-state index contributed by atoms with van der Waals surface area (Å²) in [4.78, 5) is 0. The van der Waals surface area contributed by atoms with Gasteiger partial charge in [-0.05, 0) is 24.3 Å². The molecule has 8 nitrogen and oxygen atoms in total. The van der Waals surface area contributed by atoms with Gasteiger partial charge in [-0.15, -0.1) is 0 Å². The number of benzene rings is 2. The molecule has 2 fully saturated rings. The summed E-state index contributed by atoms with van der Waals surface area (Å²) in [5.74, 6) is 0.253. The van der Waals surface area contributed by atoms with Crippen molar-refractivity contribution in [3.05, 3.63) is 59.7 Å². The van der Waals surface area contributed by atoms with Crippen molar-refractivity contribution < 1.29 is 39.4 Å². The molecule has 2 aromatic carbocycles. The molecule has 4 rings (SSSR count). The fraction of sp³-hybridized carbons (Fsp3) is 0.400. The third kappa shape index (κ3) is 3.83. The first kappa shape index (κ1) is 19.1. The van der Waals surface area contributed by atoms with E-state index >= 15 is 0 Å². The standard InChI is InChI=1S/C20H22O8/c21-9-15-17(24)18(28-20(26-15)12-3-7-14(23)8-4-12)16-10-25-19(27-16)11-1-5-13(22)6-2-11/h1-8,15-24H,9-10H2/t15-,16+,17+,18+,19?,20?/m1/s1. The Morgan fingerprint density at radius 3 is 1.93 bits per heavy atom. The van der Waals surface area contributed by atoms with E-state index in [0.717, 1.165) is 5.56 Å². The lowest BCUT2D eigenvalue weighted by molar-refractivity contribution is -0.310. The van der Waals surface area contributed by atoms with Crippen molar-refractivity contribution in [3.8, 4) is 11.5 Å². The molecular formula is C20H22O8. The van der Waals surface area contributed by atoms with E-state index in [1.165, 1.54) is 24.3 Å². The molecule has 6 atom stereocenters. The molecule has 2 aliphatic rings. The summed E-state index contributed by atoms with van der Waals surface area (Å²) >= 11 is 0. The van der Waals surface area contributed by atoms with Gasteiger partial charge in [0.1, 0.15) is 35.9 Å². The third-order valence-electron chi connectivity index (χ3n) is 4.88. The van der Waals surface area contributed by atoms with Crippen LogP contribution < -0.4 is 0 Å². The Labute approximate surface area is 161 Å². The topological polar surface area (TPSA) is 118 Å². The van der Waals surface area contributed by atoms with Gasteiger partial charge in [-0.3, -0.25) is 0 Å². The first-order chi connectivity index (χ1) is 13.5. The molecule has 0 bridgehead atoms. The average Bonchev–Trinajstić information content (AvgIpc) is 3.19. The molecule has 0 radical (unpaired) electrons. The molecule has 4 N–H and O–H groups in total. The number of hydrogen-bond acceptors (Lipinski definition) is 8. The number of ether oxygens (including phenoxy) is 4. The van der Waals surface area contributed by atoms with E-state index in [1.54, 1.807) is 24.3 Å². The van der Waals surface area contributed by atoms with Gasteiger partial charge in [-0.2, -0.15) is 0 Å². The van der Waals surface area contributed by atoms with Gasteiger partial charge >= 0.3 is 0 Å². The molecule has 0 aromatic heterocycles. The van der Waals surface area contributed by atoms with E-state index in [2.05, 4.69) is 0 Å². The predicted octanol–water partition coefficient (Wildman–Crippen LogP) is 1.35. The third-order valence-corrected chi connectivity index (χ3v) is 4.88. The molecule has 0 aliphatic carbocycles. The van der Waals surface area contributed by atoms with Gasteiger partial charge < -0.3 is 39.4 Å². The van der Waals surface area contributed by atoms with Crippen molar-refractivity contribution in [1.29, 1.82) is 0 Å². The fourth-order valence-electron chi connectivity index (χ4n) is 3.35. The number of rotatable bonds is 4. The van der Waals surface area contributed by atoms with Gasteiger partial charge in [-0.1, -0.05) is 24.3 Å². The van der Waals surface area contributed by atoms with Crippen molar-refractivity contribution in [2.24, 2.45) is 0 Å². The van der Waals surface area contributed by atoms with Crippen LogP contribution in [0.25, 0.3) is 0 Å². The van der Waals surface area contributed by atoms with E-state index in [0.29, 0.717) is 5.56 Å². The molecule has 0 saturated carbocycles. The Hall–Kier alpha value is -2.20. The van der Waals surface area contributed by atoms with E-state index in [9.17, 15) is 20.4 Å².